The molecule has 0 saturated heterocycles. The average Bonchev–Trinajstić information content (AvgIpc) is 2.85. The number of hydrogen-bond donors (Lipinski definition) is 2. The van der Waals surface area contributed by atoms with Crippen LogP contribution < -0.4 is 11.1 Å². The van der Waals surface area contributed by atoms with Gasteiger partial charge in [0.2, 0.25) is 5.91 Å². The number of carbonyl (C=O) groups excluding carboxylic acids is 1. The van der Waals surface area contributed by atoms with Crippen LogP contribution in [0, 0.1) is 6.92 Å². The third-order valence-corrected chi connectivity index (χ3v) is 3.46. The highest BCUT2D eigenvalue weighted by Crippen LogP contribution is 2.27. The number of carbonyl (C=O) groups is 1. The lowest BCUT2D eigenvalue weighted by atomic mass is 10.0. The second-order valence-electron chi connectivity index (χ2n) is 5.11. The van der Waals surface area contributed by atoms with Crippen LogP contribution in [-0.4, -0.2) is 37.0 Å². The van der Waals surface area contributed by atoms with E-state index in [0.29, 0.717) is 6.54 Å². The van der Waals surface area contributed by atoms with E-state index in [0.717, 1.165) is 30.9 Å². The number of furan rings is 1. The summed E-state index contributed by atoms with van der Waals surface area (Å²) in [6, 6.07) is 3.78. The molecule has 2 unspecified atom stereocenters. The SMILES string of the molecule is CCCN(CC(=O)NC)C(c1ccc(C)o1)C(N)CC. The summed E-state index contributed by atoms with van der Waals surface area (Å²) in [5.41, 5.74) is 6.27. The van der Waals surface area contributed by atoms with E-state index in [-0.39, 0.29) is 18.0 Å². The van der Waals surface area contributed by atoms with Crippen LogP contribution in [0.25, 0.3) is 0 Å². The third kappa shape index (κ3) is 4.35. The maximum Gasteiger partial charge on any atom is 0.233 e. The molecule has 1 heterocycles. The standard InChI is InChI=1S/C15H27N3O2/c1-5-9-18(10-14(19)17-4)15(12(16)6-2)13-8-7-11(3)20-13/h7-8,12,15H,5-6,9-10,16H2,1-4H3,(H,17,19). The quantitative estimate of drug-likeness (QED) is 0.762. The summed E-state index contributed by atoms with van der Waals surface area (Å²) in [4.78, 5) is 13.8. The molecule has 0 aliphatic carbocycles. The molecule has 1 aromatic heterocycles. The Morgan fingerprint density at radius 3 is 2.60 bits per heavy atom. The molecule has 114 valence electrons. The Hall–Kier alpha value is -1.33. The molecule has 1 amide bonds. The van der Waals surface area contributed by atoms with E-state index in [1.54, 1.807) is 7.05 Å². The van der Waals surface area contributed by atoms with Crippen molar-refractivity contribution in [1.29, 1.82) is 0 Å². The Balaban J connectivity index is 3.01. The number of amides is 1. The Labute approximate surface area is 121 Å². The summed E-state index contributed by atoms with van der Waals surface area (Å²) >= 11 is 0. The van der Waals surface area contributed by atoms with Gasteiger partial charge in [0, 0.05) is 13.1 Å². The van der Waals surface area contributed by atoms with Crippen molar-refractivity contribution in [3.05, 3.63) is 23.7 Å². The average molecular weight is 281 g/mol. The summed E-state index contributed by atoms with van der Waals surface area (Å²) in [5.74, 6) is 1.70. The van der Waals surface area contributed by atoms with E-state index in [9.17, 15) is 4.79 Å². The highest BCUT2D eigenvalue weighted by Gasteiger charge is 2.29. The zero-order valence-electron chi connectivity index (χ0n) is 13.0. The first-order chi connectivity index (χ1) is 9.53. The van der Waals surface area contributed by atoms with E-state index < -0.39 is 0 Å². The molecule has 0 aliphatic rings. The lowest BCUT2D eigenvalue weighted by Crippen LogP contribution is -2.45. The third-order valence-electron chi connectivity index (χ3n) is 3.46. The van der Waals surface area contributed by atoms with Gasteiger partial charge in [-0.05, 0) is 38.4 Å². The van der Waals surface area contributed by atoms with Gasteiger partial charge >= 0.3 is 0 Å². The van der Waals surface area contributed by atoms with E-state index in [1.165, 1.54) is 0 Å². The lowest BCUT2D eigenvalue weighted by molar-refractivity contribution is -0.122. The predicted octanol–water partition coefficient (Wildman–Crippen LogP) is 1.82. The monoisotopic (exact) mass is 281 g/mol. The fourth-order valence-corrected chi connectivity index (χ4v) is 2.36. The van der Waals surface area contributed by atoms with Gasteiger partial charge < -0.3 is 15.5 Å². The van der Waals surface area contributed by atoms with Gasteiger partial charge in [-0.3, -0.25) is 9.69 Å². The zero-order valence-corrected chi connectivity index (χ0v) is 13.0. The van der Waals surface area contributed by atoms with E-state index in [2.05, 4.69) is 24.1 Å². The van der Waals surface area contributed by atoms with Gasteiger partial charge in [-0.1, -0.05) is 13.8 Å². The molecule has 1 rings (SSSR count). The van der Waals surface area contributed by atoms with Crippen molar-refractivity contribution in [1.82, 2.24) is 10.2 Å². The van der Waals surface area contributed by atoms with Crippen LogP contribution >= 0.6 is 0 Å². The molecule has 0 aliphatic heterocycles. The van der Waals surface area contributed by atoms with Crippen LogP contribution in [0.3, 0.4) is 0 Å². The van der Waals surface area contributed by atoms with Crippen LogP contribution in [-0.2, 0) is 4.79 Å². The van der Waals surface area contributed by atoms with Gasteiger partial charge in [0.15, 0.2) is 0 Å². The van der Waals surface area contributed by atoms with Crippen LogP contribution in [0.2, 0.25) is 0 Å². The topological polar surface area (TPSA) is 71.5 Å². The molecule has 0 bridgehead atoms. The first kappa shape index (κ1) is 16.7. The number of nitrogens with zero attached hydrogens (tertiary/aromatic N) is 1. The fourth-order valence-electron chi connectivity index (χ4n) is 2.36. The minimum atomic E-state index is -0.0639. The van der Waals surface area contributed by atoms with Crippen molar-refractivity contribution in [2.24, 2.45) is 5.73 Å². The molecule has 0 fully saturated rings. The number of nitrogens with one attached hydrogen (secondary N) is 1. The largest absolute Gasteiger partial charge is 0.465 e. The predicted molar refractivity (Wildman–Crippen MR) is 80.4 cm³/mol. The van der Waals surface area contributed by atoms with Gasteiger partial charge in [0.05, 0.1) is 12.6 Å². The smallest absolute Gasteiger partial charge is 0.233 e. The molecule has 20 heavy (non-hydrogen) atoms. The molecule has 0 saturated carbocycles. The Morgan fingerprint density at radius 1 is 1.45 bits per heavy atom. The van der Waals surface area contributed by atoms with E-state index in [1.807, 2.05) is 19.1 Å². The van der Waals surface area contributed by atoms with Crippen LogP contribution in [0.1, 0.15) is 44.3 Å². The molecule has 0 spiro atoms. The summed E-state index contributed by atoms with van der Waals surface area (Å²) in [7, 11) is 1.65. The first-order valence-corrected chi connectivity index (χ1v) is 7.30. The van der Waals surface area contributed by atoms with Crippen LogP contribution in [0.5, 0.6) is 0 Å². The molecule has 3 N–H and O–H groups in total. The maximum absolute atomic E-state index is 11.7. The molecular formula is C15H27N3O2. The first-order valence-electron chi connectivity index (χ1n) is 7.30. The Morgan fingerprint density at radius 2 is 2.15 bits per heavy atom. The molecule has 5 heteroatoms. The second kappa shape index (κ2) is 8.07. The van der Waals surface area contributed by atoms with Gasteiger partial charge in [-0.2, -0.15) is 0 Å². The van der Waals surface area contributed by atoms with Crippen molar-refractivity contribution in [2.75, 3.05) is 20.1 Å². The van der Waals surface area contributed by atoms with Gasteiger partial charge in [-0.15, -0.1) is 0 Å². The van der Waals surface area contributed by atoms with Crippen molar-refractivity contribution >= 4 is 5.91 Å². The molecular weight excluding hydrogens is 254 g/mol. The highest BCUT2D eigenvalue weighted by molar-refractivity contribution is 5.77. The van der Waals surface area contributed by atoms with Gasteiger partial charge in [0.1, 0.15) is 11.5 Å². The van der Waals surface area contributed by atoms with Crippen molar-refractivity contribution in [3.8, 4) is 0 Å². The fraction of sp³-hybridized carbons (Fsp3) is 0.667. The van der Waals surface area contributed by atoms with Crippen molar-refractivity contribution < 1.29 is 9.21 Å². The summed E-state index contributed by atoms with van der Waals surface area (Å²) in [6.07, 6.45) is 1.79. The van der Waals surface area contributed by atoms with Crippen molar-refractivity contribution in [2.45, 2.75) is 45.7 Å². The highest BCUT2D eigenvalue weighted by atomic mass is 16.3. The summed E-state index contributed by atoms with van der Waals surface area (Å²) in [5, 5.41) is 2.67. The second-order valence-corrected chi connectivity index (χ2v) is 5.11. The van der Waals surface area contributed by atoms with Crippen molar-refractivity contribution in [3.63, 3.8) is 0 Å². The number of hydrogen-bond acceptors (Lipinski definition) is 4. The molecule has 5 nitrogen and oxygen atoms in total. The Kier molecular flexibility index (Phi) is 6.75. The number of likely N-dealkylation sites (N-methyl/N-ethyl adjacent to an activating group) is 1. The zero-order chi connectivity index (χ0) is 15.1. The van der Waals surface area contributed by atoms with E-state index in [4.69, 9.17) is 10.2 Å². The van der Waals surface area contributed by atoms with E-state index >= 15 is 0 Å². The van der Waals surface area contributed by atoms with Gasteiger partial charge in [0.25, 0.3) is 0 Å². The van der Waals surface area contributed by atoms with Gasteiger partial charge in [-0.25, -0.2) is 0 Å². The van der Waals surface area contributed by atoms with Crippen LogP contribution in [0.15, 0.2) is 16.5 Å². The minimum Gasteiger partial charge on any atom is -0.465 e. The minimum absolute atomic E-state index is 0.00460. The number of nitrogens with two attached hydrogens (primary N) is 1. The van der Waals surface area contributed by atoms with Crippen LogP contribution in [0.4, 0.5) is 0 Å². The lowest BCUT2D eigenvalue weighted by Gasteiger charge is -2.33. The summed E-state index contributed by atoms with van der Waals surface area (Å²) < 4.78 is 5.76. The molecule has 2 atom stereocenters. The molecule has 1 aromatic rings. The normalized spacial score (nSPS) is 14.3. The molecule has 0 aromatic carbocycles. The molecule has 0 radical (unpaired) electrons. The maximum atomic E-state index is 11.7. The summed E-state index contributed by atoms with van der Waals surface area (Å²) in [6.45, 7) is 7.21. The number of rotatable bonds is 8. The Bertz CT molecular complexity index is 417. The number of aryl methyl sites for hydroxylation is 1.